The Bertz CT molecular complexity index is 795. The molecule has 1 aliphatic rings. The van der Waals surface area contributed by atoms with E-state index in [2.05, 4.69) is 45.9 Å². The number of allylic oxidation sites excluding steroid dienone is 9. The van der Waals surface area contributed by atoms with Gasteiger partial charge >= 0.3 is 0 Å². The third kappa shape index (κ3) is 8.30. The molecule has 0 aromatic heterocycles. The highest BCUT2D eigenvalue weighted by Crippen LogP contribution is 2.40. The van der Waals surface area contributed by atoms with E-state index >= 15 is 0 Å². The molecule has 0 spiro atoms. The van der Waals surface area contributed by atoms with Crippen LogP contribution in [0, 0.1) is 10.8 Å². The molecule has 1 rings (SSSR count). The van der Waals surface area contributed by atoms with E-state index in [1.54, 1.807) is 13.1 Å². The van der Waals surface area contributed by atoms with Crippen molar-refractivity contribution >= 4 is 11.7 Å². The van der Waals surface area contributed by atoms with Crippen LogP contribution in [0.2, 0.25) is 0 Å². The summed E-state index contributed by atoms with van der Waals surface area (Å²) >= 11 is 0. The van der Waals surface area contributed by atoms with Gasteiger partial charge in [-0.15, -0.1) is 0 Å². The second-order valence-corrected chi connectivity index (χ2v) is 10.3. The van der Waals surface area contributed by atoms with Gasteiger partial charge in [0.05, 0.1) is 6.54 Å². The Morgan fingerprint density at radius 2 is 1.73 bits per heavy atom. The van der Waals surface area contributed by atoms with E-state index in [-0.39, 0.29) is 23.7 Å². The van der Waals surface area contributed by atoms with Crippen LogP contribution in [-0.4, -0.2) is 30.2 Å². The molecule has 0 aliphatic heterocycles. The Balaban J connectivity index is 2.73. The number of hydrogen-bond donors (Lipinski definition) is 0. The smallest absolute Gasteiger partial charge is 0.246 e. The first-order chi connectivity index (χ1) is 13.7. The van der Waals surface area contributed by atoms with Gasteiger partial charge in [-0.1, -0.05) is 76.1 Å². The molecule has 0 aromatic rings. The lowest BCUT2D eigenvalue weighted by molar-refractivity contribution is -0.133. The first kappa shape index (κ1) is 25.9. The van der Waals surface area contributed by atoms with Crippen molar-refractivity contribution in [1.82, 2.24) is 4.90 Å². The van der Waals surface area contributed by atoms with Gasteiger partial charge in [0.1, 0.15) is 0 Å². The Morgan fingerprint density at radius 3 is 2.30 bits per heavy atom. The first-order valence-electron chi connectivity index (χ1n) is 10.9. The second-order valence-electron chi connectivity index (χ2n) is 10.3. The molecule has 0 radical (unpaired) electrons. The van der Waals surface area contributed by atoms with E-state index in [0.29, 0.717) is 0 Å². The van der Waals surface area contributed by atoms with Gasteiger partial charge in [-0.05, 0) is 56.6 Å². The SMILES string of the molecule is CC1=C(/C=C/C(C)=C\C=C\C(C)=C\C(=O)N(C)CC(=O)C(C)(C)C)C(C)(C)CCC1. The topological polar surface area (TPSA) is 37.4 Å². The number of nitrogens with zero attached hydrogens (tertiary/aromatic N) is 1. The minimum atomic E-state index is -0.440. The van der Waals surface area contributed by atoms with Gasteiger partial charge in [0.15, 0.2) is 5.78 Å². The molecule has 0 bridgehead atoms. The highest BCUT2D eigenvalue weighted by Gasteiger charge is 2.26. The van der Waals surface area contributed by atoms with Crippen LogP contribution >= 0.6 is 0 Å². The van der Waals surface area contributed by atoms with Crippen molar-refractivity contribution in [3.05, 3.63) is 58.7 Å². The van der Waals surface area contributed by atoms with E-state index in [1.807, 2.05) is 39.8 Å². The van der Waals surface area contributed by atoms with Gasteiger partial charge in [-0.2, -0.15) is 0 Å². The van der Waals surface area contributed by atoms with Crippen molar-refractivity contribution < 1.29 is 9.59 Å². The standard InChI is InChI=1S/C27H41NO2/c1-20(15-16-23-22(3)14-11-17-27(23,7)8)12-10-13-21(2)18-25(30)28(9)19-24(29)26(4,5)6/h10,12-13,15-16,18H,11,14,17,19H2,1-9H3/b13-10+,16-15+,20-12-,21-18+. The minimum absolute atomic E-state index is 0.0526. The third-order valence-corrected chi connectivity index (χ3v) is 5.72. The zero-order chi connectivity index (χ0) is 23.1. The van der Waals surface area contributed by atoms with Crippen LogP contribution in [0.4, 0.5) is 0 Å². The predicted molar refractivity (Wildman–Crippen MR) is 128 cm³/mol. The molecule has 0 aromatic carbocycles. The third-order valence-electron chi connectivity index (χ3n) is 5.72. The summed E-state index contributed by atoms with van der Waals surface area (Å²) in [4.78, 5) is 25.9. The van der Waals surface area contributed by atoms with Gasteiger partial charge in [0.2, 0.25) is 5.91 Å². The molecule has 1 aliphatic carbocycles. The number of carbonyl (C=O) groups excluding carboxylic acids is 2. The second kappa shape index (κ2) is 10.7. The van der Waals surface area contributed by atoms with Crippen LogP contribution in [0.3, 0.4) is 0 Å². The zero-order valence-corrected chi connectivity index (χ0v) is 20.6. The molecule has 0 heterocycles. The van der Waals surface area contributed by atoms with E-state index < -0.39 is 5.41 Å². The zero-order valence-electron chi connectivity index (χ0n) is 20.6. The van der Waals surface area contributed by atoms with Crippen molar-refractivity contribution in [2.24, 2.45) is 10.8 Å². The highest BCUT2D eigenvalue weighted by molar-refractivity contribution is 5.93. The van der Waals surface area contributed by atoms with E-state index in [1.165, 1.54) is 40.9 Å². The monoisotopic (exact) mass is 411 g/mol. The number of carbonyl (C=O) groups is 2. The van der Waals surface area contributed by atoms with Crippen LogP contribution in [0.5, 0.6) is 0 Å². The van der Waals surface area contributed by atoms with E-state index in [9.17, 15) is 9.59 Å². The maximum Gasteiger partial charge on any atom is 0.246 e. The average molecular weight is 412 g/mol. The molecule has 0 atom stereocenters. The van der Waals surface area contributed by atoms with Crippen LogP contribution in [0.15, 0.2) is 58.7 Å². The molecule has 3 nitrogen and oxygen atoms in total. The average Bonchev–Trinajstić information content (AvgIpc) is 2.59. The number of Topliss-reactive ketones (excluding diaryl/α,β-unsaturated/α-hetero) is 1. The van der Waals surface area contributed by atoms with Gasteiger partial charge in [-0.3, -0.25) is 9.59 Å². The lowest BCUT2D eigenvalue weighted by Gasteiger charge is -2.32. The largest absolute Gasteiger partial charge is 0.335 e. The Hall–Kier alpha value is -2.16. The van der Waals surface area contributed by atoms with E-state index in [4.69, 9.17) is 0 Å². The van der Waals surface area contributed by atoms with Crippen LogP contribution in [0.1, 0.15) is 74.7 Å². The molecule has 0 N–H and O–H groups in total. The molecular formula is C27H41NO2. The maximum absolute atomic E-state index is 12.3. The first-order valence-corrected chi connectivity index (χ1v) is 10.9. The van der Waals surface area contributed by atoms with Crippen LogP contribution in [-0.2, 0) is 9.59 Å². The molecule has 166 valence electrons. The Kier molecular flexibility index (Phi) is 9.27. The number of amides is 1. The molecule has 1 amide bonds. The summed E-state index contributed by atoms with van der Waals surface area (Å²) in [6.45, 7) is 16.6. The van der Waals surface area contributed by atoms with Gasteiger partial charge in [0.25, 0.3) is 0 Å². The van der Waals surface area contributed by atoms with Crippen molar-refractivity contribution in [3.8, 4) is 0 Å². The van der Waals surface area contributed by atoms with Crippen molar-refractivity contribution in [2.45, 2.75) is 74.7 Å². The fraction of sp³-hybridized carbons (Fsp3) is 0.556. The van der Waals surface area contributed by atoms with Crippen molar-refractivity contribution in [2.75, 3.05) is 13.6 Å². The summed E-state index contributed by atoms with van der Waals surface area (Å²) in [5.41, 5.74) is 4.78. The maximum atomic E-state index is 12.3. The summed E-state index contributed by atoms with van der Waals surface area (Å²) in [6.07, 6.45) is 15.7. The minimum Gasteiger partial charge on any atom is -0.335 e. The van der Waals surface area contributed by atoms with Crippen LogP contribution < -0.4 is 0 Å². The van der Waals surface area contributed by atoms with Crippen molar-refractivity contribution in [1.29, 1.82) is 0 Å². The lowest BCUT2D eigenvalue weighted by Crippen LogP contribution is -2.36. The summed E-state index contributed by atoms with van der Waals surface area (Å²) in [5, 5.41) is 0. The van der Waals surface area contributed by atoms with Crippen molar-refractivity contribution in [3.63, 3.8) is 0 Å². The summed E-state index contributed by atoms with van der Waals surface area (Å²) in [7, 11) is 1.66. The molecule has 0 unspecified atom stereocenters. The normalized spacial score (nSPS) is 18.4. The molecule has 0 saturated carbocycles. The lowest BCUT2D eigenvalue weighted by atomic mass is 9.72. The van der Waals surface area contributed by atoms with Gasteiger partial charge < -0.3 is 4.90 Å². The quantitative estimate of drug-likeness (QED) is 0.350. The molecular weight excluding hydrogens is 370 g/mol. The number of rotatable bonds is 7. The number of hydrogen-bond acceptors (Lipinski definition) is 2. The number of likely N-dealkylation sites (N-methyl/N-ethyl adjacent to an activating group) is 1. The predicted octanol–water partition coefficient (Wildman–Crippen LogP) is 6.59. The summed E-state index contributed by atoms with van der Waals surface area (Å²) in [6, 6.07) is 0. The van der Waals surface area contributed by atoms with Gasteiger partial charge in [0, 0.05) is 18.5 Å². The highest BCUT2D eigenvalue weighted by atomic mass is 16.2. The molecule has 30 heavy (non-hydrogen) atoms. The van der Waals surface area contributed by atoms with Crippen LogP contribution in [0.25, 0.3) is 0 Å². The Labute approximate surface area is 184 Å². The fourth-order valence-electron chi connectivity index (χ4n) is 3.52. The Morgan fingerprint density at radius 1 is 1.10 bits per heavy atom. The van der Waals surface area contributed by atoms with E-state index in [0.717, 1.165) is 5.57 Å². The number of ketones is 1. The molecule has 0 saturated heterocycles. The summed E-state index contributed by atoms with van der Waals surface area (Å²) < 4.78 is 0. The fourth-order valence-corrected chi connectivity index (χ4v) is 3.52. The molecule has 0 fully saturated rings. The van der Waals surface area contributed by atoms with Gasteiger partial charge in [-0.25, -0.2) is 0 Å². The summed E-state index contributed by atoms with van der Waals surface area (Å²) in [5.74, 6) is -0.103. The molecule has 3 heteroatoms.